The van der Waals surface area contributed by atoms with Gasteiger partial charge in [-0.3, -0.25) is 9.59 Å². The van der Waals surface area contributed by atoms with Crippen LogP contribution in [-0.2, 0) is 16.1 Å². The lowest BCUT2D eigenvalue weighted by Crippen LogP contribution is -2.30. The minimum absolute atomic E-state index is 0.0932. The Kier molecular flexibility index (Phi) is 4.68. The molecule has 1 aliphatic heterocycles. The number of benzene rings is 1. The second-order valence-electron chi connectivity index (χ2n) is 7.23. The lowest BCUT2D eigenvalue weighted by atomic mass is 10.1. The molecule has 2 fully saturated rings. The number of hydrogen-bond donors (Lipinski definition) is 1. The third-order valence-electron chi connectivity index (χ3n) is 5.16. The number of fused-ring (bicyclic) bond motifs is 1. The molecule has 2 aromatic rings. The fraction of sp³-hybridized carbons (Fsp3) is 0.381. The molecule has 0 radical (unpaired) electrons. The number of aromatic nitrogens is 1. The number of nitrogens with zero attached hydrogens (tertiary/aromatic N) is 3. The average Bonchev–Trinajstić information content (AvgIpc) is 3.20. The van der Waals surface area contributed by atoms with Gasteiger partial charge in [0.15, 0.2) is 0 Å². The molecule has 1 aliphatic carbocycles. The number of nitriles is 1. The molecule has 2 heterocycles. The van der Waals surface area contributed by atoms with Gasteiger partial charge >= 0.3 is 0 Å². The first kappa shape index (κ1) is 17.3. The van der Waals surface area contributed by atoms with Gasteiger partial charge in [-0.2, -0.15) is 5.26 Å². The summed E-state index contributed by atoms with van der Waals surface area (Å²) in [5.74, 6) is -0.222. The Labute approximate surface area is 158 Å². The highest BCUT2D eigenvalue weighted by Crippen LogP contribution is 2.25. The van der Waals surface area contributed by atoms with Gasteiger partial charge in [-0.05, 0) is 37.8 Å². The molecule has 2 amide bonds. The van der Waals surface area contributed by atoms with Crippen LogP contribution >= 0.6 is 0 Å². The summed E-state index contributed by atoms with van der Waals surface area (Å²) < 4.78 is 1.91. The van der Waals surface area contributed by atoms with Crippen molar-refractivity contribution in [1.82, 2.24) is 14.8 Å². The largest absolute Gasteiger partial charge is 0.349 e. The Morgan fingerprint density at radius 1 is 1.22 bits per heavy atom. The summed E-state index contributed by atoms with van der Waals surface area (Å²) >= 11 is 0. The van der Waals surface area contributed by atoms with E-state index in [9.17, 15) is 14.9 Å². The number of amides is 2. The monoisotopic (exact) mass is 362 g/mol. The normalized spacial score (nSPS) is 17.1. The zero-order valence-electron chi connectivity index (χ0n) is 15.1. The lowest BCUT2D eigenvalue weighted by Gasteiger charge is -2.15. The van der Waals surface area contributed by atoms with Crippen LogP contribution in [-0.4, -0.2) is 40.4 Å². The van der Waals surface area contributed by atoms with Gasteiger partial charge in [0.25, 0.3) is 5.91 Å². The third-order valence-corrected chi connectivity index (χ3v) is 5.16. The average molecular weight is 362 g/mol. The summed E-state index contributed by atoms with van der Waals surface area (Å²) in [4.78, 5) is 26.7. The molecule has 138 valence electrons. The molecule has 0 bridgehead atoms. The minimum atomic E-state index is -0.329. The van der Waals surface area contributed by atoms with E-state index in [1.807, 2.05) is 46.0 Å². The summed E-state index contributed by atoms with van der Waals surface area (Å²) in [6.45, 7) is 1.92. The van der Waals surface area contributed by atoms with E-state index in [2.05, 4.69) is 5.32 Å². The van der Waals surface area contributed by atoms with E-state index in [1.54, 1.807) is 6.08 Å². The van der Waals surface area contributed by atoms with Crippen LogP contribution in [0.3, 0.4) is 0 Å². The molecule has 0 spiro atoms. The van der Waals surface area contributed by atoms with Gasteiger partial charge in [0, 0.05) is 41.8 Å². The van der Waals surface area contributed by atoms with E-state index >= 15 is 0 Å². The molecule has 6 heteroatoms. The van der Waals surface area contributed by atoms with Crippen molar-refractivity contribution >= 4 is 28.8 Å². The zero-order chi connectivity index (χ0) is 18.8. The smallest absolute Gasteiger partial charge is 0.262 e. The van der Waals surface area contributed by atoms with E-state index in [1.165, 1.54) is 0 Å². The molecule has 1 saturated heterocycles. The topological polar surface area (TPSA) is 78.1 Å². The molecule has 1 N–H and O–H groups in total. The van der Waals surface area contributed by atoms with Crippen molar-refractivity contribution in [2.75, 3.05) is 13.1 Å². The quantitative estimate of drug-likeness (QED) is 0.655. The molecule has 2 aliphatic rings. The van der Waals surface area contributed by atoms with Crippen LogP contribution in [0.1, 0.15) is 31.2 Å². The van der Waals surface area contributed by atoms with Crippen molar-refractivity contribution in [2.24, 2.45) is 0 Å². The Morgan fingerprint density at radius 2 is 1.96 bits per heavy atom. The molecule has 6 nitrogen and oxygen atoms in total. The predicted octanol–water partition coefficient (Wildman–Crippen LogP) is 2.45. The summed E-state index contributed by atoms with van der Waals surface area (Å²) in [5.41, 5.74) is 1.80. The summed E-state index contributed by atoms with van der Waals surface area (Å²) in [5, 5.41) is 13.2. The van der Waals surface area contributed by atoms with Crippen molar-refractivity contribution in [2.45, 2.75) is 38.3 Å². The van der Waals surface area contributed by atoms with Crippen molar-refractivity contribution in [3.8, 4) is 6.07 Å². The number of hydrogen-bond acceptors (Lipinski definition) is 3. The Bertz CT molecular complexity index is 956. The Hall–Kier alpha value is -3.07. The fourth-order valence-electron chi connectivity index (χ4n) is 3.53. The highest BCUT2D eigenvalue weighted by Gasteiger charge is 2.25. The van der Waals surface area contributed by atoms with Gasteiger partial charge < -0.3 is 14.8 Å². The van der Waals surface area contributed by atoms with Gasteiger partial charge in [0.1, 0.15) is 18.2 Å². The van der Waals surface area contributed by atoms with Gasteiger partial charge in [-0.15, -0.1) is 0 Å². The SMILES string of the molecule is N#C/C(=C\c1cn(CC(=O)N2CCCC2)c2ccccc12)C(=O)NC1CC1. The first-order chi connectivity index (χ1) is 13.2. The zero-order valence-corrected chi connectivity index (χ0v) is 15.1. The van der Waals surface area contributed by atoms with Crippen LogP contribution in [0.5, 0.6) is 0 Å². The van der Waals surface area contributed by atoms with E-state index in [4.69, 9.17) is 0 Å². The highest BCUT2D eigenvalue weighted by atomic mass is 16.2. The van der Waals surface area contributed by atoms with Crippen LogP contribution in [0, 0.1) is 11.3 Å². The molecule has 0 unspecified atom stereocenters. The summed E-state index contributed by atoms with van der Waals surface area (Å²) in [6.07, 6.45) is 7.56. The van der Waals surface area contributed by atoms with Gasteiger partial charge in [-0.25, -0.2) is 0 Å². The summed E-state index contributed by atoms with van der Waals surface area (Å²) in [7, 11) is 0. The first-order valence-electron chi connectivity index (χ1n) is 9.44. The van der Waals surface area contributed by atoms with Crippen LogP contribution in [0.25, 0.3) is 17.0 Å². The van der Waals surface area contributed by atoms with Crippen molar-refractivity contribution in [3.63, 3.8) is 0 Å². The van der Waals surface area contributed by atoms with E-state index in [-0.39, 0.29) is 30.0 Å². The van der Waals surface area contributed by atoms with Crippen LogP contribution in [0.2, 0.25) is 0 Å². The summed E-state index contributed by atoms with van der Waals surface area (Å²) in [6, 6.07) is 9.97. The van der Waals surface area contributed by atoms with E-state index < -0.39 is 0 Å². The predicted molar refractivity (Wildman–Crippen MR) is 103 cm³/mol. The second-order valence-corrected chi connectivity index (χ2v) is 7.23. The molecule has 27 heavy (non-hydrogen) atoms. The number of carbonyl (C=O) groups is 2. The number of nitrogens with one attached hydrogen (secondary N) is 1. The molecule has 4 rings (SSSR count). The maximum absolute atomic E-state index is 12.6. The van der Waals surface area contributed by atoms with E-state index in [0.29, 0.717) is 0 Å². The van der Waals surface area contributed by atoms with Crippen LogP contribution in [0.15, 0.2) is 36.0 Å². The maximum atomic E-state index is 12.6. The van der Waals surface area contributed by atoms with Crippen LogP contribution in [0.4, 0.5) is 0 Å². The number of rotatable bonds is 5. The van der Waals surface area contributed by atoms with Crippen molar-refractivity contribution in [1.29, 1.82) is 5.26 Å². The molecule has 1 aromatic heterocycles. The van der Waals surface area contributed by atoms with Gasteiger partial charge in [0.2, 0.25) is 5.91 Å². The molecular weight excluding hydrogens is 340 g/mol. The third kappa shape index (κ3) is 3.72. The number of likely N-dealkylation sites (tertiary alicyclic amines) is 1. The van der Waals surface area contributed by atoms with Gasteiger partial charge in [0.05, 0.1) is 0 Å². The van der Waals surface area contributed by atoms with Crippen LogP contribution < -0.4 is 5.32 Å². The highest BCUT2D eigenvalue weighted by molar-refractivity contribution is 6.04. The fourth-order valence-corrected chi connectivity index (χ4v) is 3.53. The second kappa shape index (κ2) is 7.28. The van der Waals surface area contributed by atoms with Crippen molar-refractivity contribution < 1.29 is 9.59 Å². The first-order valence-corrected chi connectivity index (χ1v) is 9.44. The maximum Gasteiger partial charge on any atom is 0.262 e. The minimum Gasteiger partial charge on any atom is -0.349 e. The van der Waals surface area contributed by atoms with E-state index in [0.717, 1.165) is 55.2 Å². The van der Waals surface area contributed by atoms with Gasteiger partial charge in [-0.1, -0.05) is 18.2 Å². The molecular formula is C21H22N4O2. The number of para-hydroxylation sites is 1. The van der Waals surface area contributed by atoms with Crippen molar-refractivity contribution in [3.05, 3.63) is 41.6 Å². The molecule has 1 saturated carbocycles. The number of carbonyl (C=O) groups excluding carboxylic acids is 2. The Morgan fingerprint density at radius 3 is 2.67 bits per heavy atom. The lowest BCUT2D eigenvalue weighted by molar-refractivity contribution is -0.130. The Balaban J connectivity index is 1.64. The molecule has 1 aromatic carbocycles. The standard InChI is InChI=1S/C21H22N4O2/c22-12-15(21(27)23-17-7-8-17)11-16-13-25(19-6-2-1-5-18(16)19)14-20(26)24-9-3-4-10-24/h1-2,5-6,11,13,17H,3-4,7-10,14H2,(H,23,27)/b15-11+. The molecule has 0 atom stereocenters.